The number of hydrogen-bond donors (Lipinski definition) is 0. The van der Waals surface area contributed by atoms with Gasteiger partial charge in [-0.1, -0.05) is 164 Å². The molecule has 10 aromatic rings. The van der Waals surface area contributed by atoms with Crippen LogP contribution in [0.1, 0.15) is 27.1 Å². The molecule has 2 aliphatic carbocycles. The molecule has 4 aliphatic rings. The molecule has 0 bridgehead atoms. The van der Waals surface area contributed by atoms with E-state index in [-0.39, 0.29) is 6.71 Å². The van der Waals surface area contributed by atoms with Gasteiger partial charge in [0.25, 0.3) is 6.71 Å². The van der Waals surface area contributed by atoms with E-state index in [2.05, 4.69) is 174 Å². The van der Waals surface area contributed by atoms with Crippen LogP contribution in [0.4, 0.5) is 47.3 Å². The maximum absolute atomic E-state index is 14.4. The highest BCUT2D eigenvalue weighted by Crippen LogP contribution is 2.67. The molecule has 0 saturated carbocycles. The lowest BCUT2D eigenvalue weighted by Gasteiger charge is -2.43. The van der Waals surface area contributed by atoms with Crippen molar-refractivity contribution in [1.82, 2.24) is 0 Å². The first kappa shape index (κ1) is 38.4. The topological polar surface area (TPSA) is 6.48 Å². The highest BCUT2D eigenvalue weighted by Gasteiger charge is 2.56. The molecule has 3 heterocycles. The Hall–Kier alpha value is -7.87. The average Bonchev–Trinajstić information content (AvgIpc) is 4.01. The zero-order valence-electron chi connectivity index (χ0n) is 35.8. The van der Waals surface area contributed by atoms with Crippen LogP contribution in [-0.2, 0) is 11.6 Å². The molecular weight excluding hydrogens is 849 g/mol. The van der Waals surface area contributed by atoms with Crippen LogP contribution in [0.3, 0.4) is 0 Å². The van der Waals surface area contributed by atoms with Crippen LogP contribution in [0.2, 0.25) is 0 Å². The van der Waals surface area contributed by atoms with Gasteiger partial charge in [0.1, 0.15) is 0 Å². The number of thiophene rings is 1. The molecule has 0 unspecified atom stereocenters. The number of anilines is 6. The van der Waals surface area contributed by atoms with Gasteiger partial charge in [-0.05, 0) is 121 Å². The van der Waals surface area contributed by atoms with E-state index in [1.165, 1.54) is 71.9 Å². The average molecular weight is 885 g/mol. The molecule has 0 atom stereocenters. The Balaban J connectivity index is 1.08. The zero-order chi connectivity index (χ0) is 44.6. The quantitative estimate of drug-likeness (QED) is 0.163. The summed E-state index contributed by atoms with van der Waals surface area (Å²) in [7, 11) is 0. The molecule has 0 saturated heterocycles. The molecule has 0 amide bonds. The van der Waals surface area contributed by atoms with Crippen molar-refractivity contribution in [3.8, 4) is 44.5 Å². The number of halogens is 3. The fourth-order valence-corrected chi connectivity index (χ4v) is 13.5. The van der Waals surface area contributed by atoms with Crippen LogP contribution in [-0.4, -0.2) is 6.71 Å². The van der Waals surface area contributed by atoms with Gasteiger partial charge in [-0.3, -0.25) is 0 Å². The number of rotatable bonds is 4. The number of hydrogen-bond acceptors (Lipinski definition) is 3. The Kier molecular flexibility index (Phi) is 8.07. The fourth-order valence-electron chi connectivity index (χ4n) is 11.9. The summed E-state index contributed by atoms with van der Waals surface area (Å²) in [5.74, 6) is 0. The minimum atomic E-state index is -4.49. The summed E-state index contributed by atoms with van der Waals surface area (Å²) in [6.07, 6.45) is -4.49. The Morgan fingerprint density at radius 1 is 0.433 bits per heavy atom. The van der Waals surface area contributed by atoms with Gasteiger partial charge in [-0.15, -0.1) is 11.3 Å². The lowest BCUT2D eigenvalue weighted by Crippen LogP contribution is -2.60. The van der Waals surface area contributed by atoms with Crippen molar-refractivity contribution in [2.45, 2.75) is 11.6 Å². The van der Waals surface area contributed by atoms with Crippen molar-refractivity contribution in [2.24, 2.45) is 0 Å². The van der Waals surface area contributed by atoms with Crippen molar-refractivity contribution < 1.29 is 13.2 Å². The van der Waals surface area contributed by atoms with Crippen molar-refractivity contribution in [3.05, 3.63) is 246 Å². The minimum Gasteiger partial charge on any atom is -0.311 e. The molecule has 9 aromatic carbocycles. The van der Waals surface area contributed by atoms with Crippen LogP contribution >= 0.6 is 11.3 Å². The Bertz CT molecular complexity index is 3610. The first-order valence-corrected chi connectivity index (χ1v) is 23.4. The van der Waals surface area contributed by atoms with E-state index >= 15 is 0 Å². The predicted molar refractivity (Wildman–Crippen MR) is 271 cm³/mol. The molecular formula is C60H36BF3N2S. The standard InChI is InChI=1S/C60H36BF3N2S/c62-60(63,64)39-32-33-42(46(36-39)37-17-4-1-5-18-37)38-31-34-50-53(35-38)65(40-19-6-2-7-20-40)51-29-16-30-52-55(51)61(50)58-56(66(52)41-21-8-3-9-22-41)54-45-25-12-15-28-49(45)59(57(54)67-58)47-26-13-10-23-43(47)44-24-11-14-27-48(44)59/h1-36H. The molecule has 7 heteroatoms. The summed E-state index contributed by atoms with van der Waals surface area (Å²) in [4.78, 5) is 6.20. The predicted octanol–water partition coefficient (Wildman–Crippen LogP) is 14.5. The maximum Gasteiger partial charge on any atom is 0.416 e. The summed E-state index contributed by atoms with van der Waals surface area (Å²) in [6.45, 7) is -0.155. The van der Waals surface area contributed by atoms with Gasteiger partial charge in [0.2, 0.25) is 0 Å². The van der Waals surface area contributed by atoms with Crippen molar-refractivity contribution in [2.75, 3.05) is 9.80 Å². The summed E-state index contributed by atoms with van der Waals surface area (Å²) >= 11 is 1.94. The van der Waals surface area contributed by atoms with Crippen molar-refractivity contribution >= 4 is 67.9 Å². The van der Waals surface area contributed by atoms with Gasteiger partial charge >= 0.3 is 6.18 Å². The molecule has 316 valence electrons. The summed E-state index contributed by atoms with van der Waals surface area (Å²) < 4.78 is 44.4. The van der Waals surface area contributed by atoms with Crippen LogP contribution in [0, 0.1) is 0 Å². The second kappa shape index (κ2) is 14.1. The van der Waals surface area contributed by atoms with Crippen LogP contribution in [0.5, 0.6) is 0 Å². The second-order valence-electron chi connectivity index (χ2n) is 17.8. The van der Waals surface area contributed by atoms with Gasteiger partial charge < -0.3 is 9.80 Å². The molecule has 0 N–H and O–H groups in total. The van der Waals surface area contributed by atoms with Gasteiger partial charge in [-0.2, -0.15) is 13.2 Å². The number of para-hydroxylation sites is 2. The van der Waals surface area contributed by atoms with E-state index in [0.29, 0.717) is 5.56 Å². The Labute approximate surface area is 390 Å². The molecule has 1 spiro atoms. The van der Waals surface area contributed by atoms with Crippen LogP contribution < -0.4 is 25.5 Å². The third kappa shape index (κ3) is 5.23. The van der Waals surface area contributed by atoms with Gasteiger partial charge in [-0.25, -0.2) is 0 Å². The number of benzene rings is 9. The molecule has 1 aromatic heterocycles. The first-order chi connectivity index (χ1) is 32.9. The van der Waals surface area contributed by atoms with E-state index in [1.54, 1.807) is 6.07 Å². The SMILES string of the molecule is FC(F)(F)c1ccc(-c2ccc3c(c2)N(c2ccccc2)c2cccc4c2B3c2sc3c(c2N4c2ccccc2)-c2ccccc2C32c3ccccc3-c3ccccc32)c(-c2ccccc2)c1. The highest BCUT2D eigenvalue weighted by molar-refractivity contribution is 7.30. The number of nitrogens with zero attached hydrogens (tertiary/aromatic N) is 2. The second-order valence-corrected chi connectivity index (χ2v) is 18.8. The molecule has 67 heavy (non-hydrogen) atoms. The molecule has 0 radical (unpaired) electrons. The monoisotopic (exact) mass is 884 g/mol. The first-order valence-electron chi connectivity index (χ1n) is 22.6. The van der Waals surface area contributed by atoms with Crippen molar-refractivity contribution in [3.63, 3.8) is 0 Å². The smallest absolute Gasteiger partial charge is 0.311 e. The van der Waals surface area contributed by atoms with E-state index in [0.717, 1.165) is 50.6 Å². The largest absolute Gasteiger partial charge is 0.416 e. The lowest BCUT2D eigenvalue weighted by molar-refractivity contribution is -0.137. The van der Waals surface area contributed by atoms with E-state index in [9.17, 15) is 13.2 Å². The van der Waals surface area contributed by atoms with Gasteiger partial charge in [0, 0.05) is 43.7 Å². The third-order valence-electron chi connectivity index (χ3n) is 14.5. The molecule has 2 nitrogen and oxygen atoms in total. The van der Waals surface area contributed by atoms with Crippen LogP contribution in [0.25, 0.3) is 44.5 Å². The Morgan fingerprint density at radius 2 is 0.985 bits per heavy atom. The molecule has 14 rings (SSSR count). The highest BCUT2D eigenvalue weighted by atomic mass is 32.1. The lowest BCUT2D eigenvalue weighted by atomic mass is 9.36. The normalized spacial score (nSPS) is 14.2. The zero-order valence-corrected chi connectivity index (χ0v) is 36.6. The number of alkyl halides is 3. The number of fused-ring (bicyclic) bond motifs is 15. The van der Waals surface area contributed by atoms with Gasteiger partial charge in [0.05, 0.1) is 16.7 Å². The third-order valence-corrected chi connectivity index (χ3v) is 15.8. The van der Waals surface area contributed by atoms with E-state index in [1.807, 2.05) is 47.7 Å². The Morgan fingerprint density at radius 3 is 1.63 bits per heavy atom. The maximum atomic E-state index is 14.4. The summed E-state index contributed by atoms with van der Waals surface area (Å²) in [5.41, 5.74) is 19.5. The minimum absolute atomic E-state index is 0.155. The fraction of sp³-hybridized carbons (Fsp3) is 0.0333. The van der Waals surface area contributed by atoms with Gasteiger partial charge in [0.15, 0.2) is 0 Å². The molecule has 0 fully saturated rings. The van der Waals surface area contributed by atoms with Crippen LogP contribution in [0.15, 0.2) is 218 Å². The summed E-state index contributed by atoms with van der Waals surface area (Å²) in [6, 6.07) is 75.0. The van der Waals surface area contributed by atoms with E-state index in [4.69, 9.17) is 0 Å². The van der Waals surface area contributed by atoms with Crippen molar-refractivity contribution in [1.29, 1.82) is 0 Å². The molecule has 2 aliphatic heterocycles. The van der Waals surface area contributed by atoms with E-state index < -0.39 is 17.2 Å². The summed E-state index contributed by atoms with van der Waals surface area (Å²) in [5, 5.41) is 0.